The second kappa shape index (κ2) is 4.90. The van der Waals surface area contributed by atoms with E-state index in [4.69, 9.17) is 5.73 Å². The van der Waals surface area contributed by atoms with Crippen LogP contribution in [0.25, 0.3) is 0 Å². The summed E-state index contributed by atoms with van der Waals surface area (Å²) >= 11 is 0. The first kappa shape index (κ1) is 14.0. The Bertz CT molecular complexity index is 489. The second-order valence-electron chi connectivity index (χ2n) is 5.60. The number of nitrogens with zero attached hydrogens (tertiary/aromatic N) is 2. The molecule has 1 atom stereocenters. The van der Waals surface area contributed by atoms with Gasteiger partial charge in [0.1, 0.15) is 11.9 Å². The van der Waals surface area contributed by atoms with E-state index < -0.39 is 11.6 Å². The van der Waals surface area contributed by atoms with Crippen molar-refractivity contribution in [2.24, 2.45) is 5.73 Å². The highest BCUT2D eigenvalue weighted by Crippen LogP contribution is 2.31. The summed E-state index contributed by atoms with van der Waals surface area (Å²) in [6.45, 7) is 4.74. The van der Waals surface area contributed by atoms with Gasteiger partial charge in [-0.2, -0.15) is 0 Å². The predicted octanol–water partition coefficient (Wildman–Crippen LogP) is 1.21. The lowest BCUT2D eigenvalue weighted by Gasteiger charge is -2.49. The molecule has 1 aliphatic heterocycles. The van der Waals surface area contributed by atoms with E-state index in [2.05, 4.69) is 0 Å². The van der Waals surface area contributed by atoms with E-state index in [1.165, 1.54) is 6.07 Å². The largest absolute Gasteiger partial charge is 0.328 e. The molecule has 2 N–H and O–H groups in total. The number of benzene rings is 1. The molecule has 104 valence electrons. The van der Waals surface area contributed by atoms with Crippen molar-refractivity contribution in [3.8, 4) is 0 Å². The highest BCUT2D eigenvalue weighted by Gasteiger charge is 2.44. The van der Waals surface area contributed by atoms with Crippen molar-refractivity contribution in [1.29, 1.82) is 0 Å². The van der Waals surface area contributed by atoms with Gasteiger partial charge in [-0.1, -0.05) is 12.1 Å². The molecule has 2 rings (SSSR count). The Morgan fingerprint density at radius 2 is 2.05 bits per heavy atom. The minimum Gasteiger partial charge on any atom is -0.328 e. The average molecular weight is 265 g/mol. The Morgan fingerprint density at radius 1 is 1.42 bits per heavy atom. The quantitative estimate of drug-likeness (QED) is 0.874. The third kappa shape index (κ3) is 2.35. The van der Waals surface area contributed by atoms with Crippen LogP contribution in [-0.4, -0.2) is 42.5 Å². The van der Waals surface area contributed by atoms with Crippen LogP contribution in [0, 0.1) is 5.82 Å². The van der Waals surface area contributed by atoms with Crippen LogP contribution in [0.5, 0.6) is 0 Å². The summed E-state index contributed by atoms with van der Waals surface area (Å²) in [6, 6.07) is 5.96. The molecular formula is C14H20FN3O. The van der Waals surface area contributed by atoms with Crippen LogP contribution in [0.15, 0.2) is 24.3 Å². The lowest BCUT2D eigenvalue weighted by Crippen LogP contribution is -2.67. The van der Waals surface area contributed by atoms with Crippen molar-refractivity contribution in [3.63, 3.8) is 0 Å². The molecular weight excluding hydrogens is 245 g/mol. The van der Waals surface area contributed by atoms with Crippen molar-refractivity contribution in [3.05, 3.63) is 30.1 Å². The lowest BCUT2D eigenvalue weighted by atomic mass is 9.94. The average Bonchev–Trinajstić information content (AvgIpc) is 2.30. The number of hydrogen-bond acceptors (Lipinski definition) is 3. The SMILES string of the molecule is CN1CC(C)(C)N(c2ccccc2F)C(=O)C1CN. The number of hydrogen-bond donors (Lipinski definition) is 1. The minimum atomic E-state index is -0.473. The molecule has 1 aliphatic rings. The molecule has 0 saturated carbocycles. The smallest absolute Gasteiger partial charge is 0.246 e. The van der Waals surface area contributed by atoms with E-state index in [-0.39, 0.29) is 18.3 Å². The topological polar surface area (TPSA) is 49.6 Å². The lowest BCUT2D eigenvalue weighted by molar-refractivity contribution is -0.127. The Morgan fingerprint density at radius 3 is 2.63 bits per heavy atom. The Kier molecular flexibility index (Phi) is 3.60. The van der Waals surface area contributed by atoms with Gasteiger partial charge in [-0.15, -0.1) is 0 Å². The monoisotopic (exact) mass is 265 g/mol. The van der Waals surface area contributed by atoms with Crippen LogP contribution in [0.1, 0.15) is 13.8 Å². The maximum Gasteiger partial charge on any atom is 0.246 e. The number of halogens is 1. The number of carbonyl (C=O) groups excluding carboxylic acids is 1. The van der Waals surface area contributed by atoms with E-state index in [9.17, 15) is 9.18 Å². The fourth-order valence-electron chi connectivity index (χ4n) is 2.79. The van der Waals surface area contributed by atoms with Crippen LogP contribution in [0.2, 0.25) is 0 Å². The van der Waals surface area contributed by atoms with Gasteiger partial charge in [0.15, 0.2) is 0 Å². The third-order valence-corrected chi connectivity index (χ3v) is 3.60. The maximum atomic E-state index is 14.0. The van der Waals surface area contributed by atoms with Crippen molar-refractivity contribution < 1.29 is 9.18 Å². The summed E-state index contributed by atoms with van der Waals surface area (Å²) in [5.41, 5.74) is 5.52. The zero-order chi connectivity index (χ0) is 14.2. The van der Waals surface area contributed by atoms with Gasteiger partial charge in [-0.3, -0.25) is 9.69 Å². The molecule has 0 spiro atoms. The Hall–Kier alpha value is -1.46. The van der Waals surface area contributed by atoms with Crippen molar-refractivity contribution in [2.45, 2.75) is 25.4 Å². The first-order valence-electron chi connectivity index (χ1n) is 6.37. The number of piperazine rings is 1. The number of para-hydroxylation sites is 1. The summed E-state index contributed by atoms with van der Waals surface area (Å²) in [7, 11) is 1.87. The Balaban J connectivity index is 2.47. The third-order valence-electron chi connectivity index (χ3n) is 3.60. The van der Waals surface area contributed by atoms with Crippen molar-refractivity contribution >= 4 is 11.6 Å². The maximum absolute atomic E-state index is 14.0. The molecule has 4 nitrogen and oxygen atoms in total. The fourth-order valence-corrected chi connectivity index (χ4v) is 2.79. The number of nitrogens with two attached hydrogens (primary N) is 1. The van der Waals surface area contributed by atoms with Gasteiger partial charge < -0.3 is 10.6 Å². The molecule has 0 radical (unpaired) electrons. The molecule has 1 aromatic carbocycles. The Labute approximate surface area is 113 Å². The molecule has 1 aromatic rings. The minimum absolute atomic E-state index is 0.147. The number of anilines is 1. The van der Waals surface area contributed by atoms with E-state index in [0.717, 1.165) is 0 Å². The fraction of sp³-hybridized carbons (Fsp3) is 0.500. The van der Waals surface area contributed by atoms with E-state index in [0.29, 0.717) is 12.2 Å². The van der Waals surface area contributed by atoms with Crippen molar-refractivity contribution in [1.82, 2.24) is 4.90 Å². The van der Waals surface area contributed by atoms with Crippen LogP contribution < -0.4 is 10.6 Å². The molecule has 0 bridgehead atoms. The summed E-state index contributed by atoms with van der Waals surface area (Å²) in [5.74, 6) is -0.532. The van der Waals surface area contributed by atoms with E-state index in [1.54, 1.807) is 23.1 Å². The molecule has 1 heterocycles. The molecule has 1 unspecified atom stereocenters. The van der Waals surface area contributed by atoms with Crippen LogP contribution in [0.3, 0.4) is 0 Å². The van der Waals surface area contributed by atoms with Gasteiger partial charge >= 0.3 is 0 Å². The summed E-state index contributed by atoms with van der Waals surface area (Å²) < 4.78 is 14.0. The summed E-state index contributed by atoms with van der Waals surface area (Å²) in [6.07, 6.45) is 0. The predicted molar refractivity (Wildman–Crippen MR) is 73.4 cm³/mol. The van der Waals surface area contributed by atoms with Gasteiger partial charge in [0.05, 0.1) is 11.2 Å². The first-order valence-corrected chi connectivity index (χ1v) is 6.37. The first-order chi connectivity index (χ1) is 8.88. The normalized spacial score (nSPS) is 23.7. The highest BCUT2D eigenvalue weighted by molar-refractivity contribution is 5.99. The highest BCUT2D eigenvalue weighted by atomic mass is 19.1. The molecule has 1 saturated heterocycles. The molecule has 1 fully saturated rings. The summed E-state index contributed by atoms with van der Waals surface area (Å²) in [5, 5.41) is 0. The van der Waals surface area contributed by atoms with Gasteiger partial charge in [-0.25, -0.2) is 4.39 Å². The van der Waals surface area contributed by atoms with Crippen molar-refractivity contribution in [2.75, 3.05) is 25.0 Å². The standard InChI is InChI=1S/C14H20FN3O/c1-14(2)9-17(3)12(8-16)13(19)18(14)11-7-5-4-6-10(11)15/h4-7,12H,8-9,16H2,1-3H3. The second-order valence-corrected chi connectivity index (χ2v) is 5.60. The number of amides is 1. The molecule has 0 aliphatic carbocycles. The molecule has 1 amide bonds. The van der Waals surface area contributed by atoms with E-state index >= 15 is 0 Å². The van der Waals surface area contributed by atoms with Crippen LogP contribution >= 0.6 is 0 Å². The zero-order valence-electron chi connectivity index (χ0n) is 11.6. The number of likely N-dealkylation sites (N-methyl/N-ethyl adjacent to an activating group) is 1. The zero-order valence-corrected chi connectivity index (χ0v) is 11.6. The van der Waals surface area contributed by atoms with Gasteiger partial charge in [-0.05, 0) is 33.0 Å². The van der Waals surface area contributed by atoms with Gasteiger partial charge in [0, 0.05) is 13.1 Å². The number of carbonyl (C=O) groups is 1. The van der Waals surface area contributed by atoms with Crippen LogP contribution in [0.4, 0.5) is 10.1 Å². The molecule has 0 aromatic heterocycles. The van der Waals surface area contributed by atoms with E-state index in [1.807, 2.05) is 25.8 Å². The number of rotatable bonds is 2. The molecule has 5 heteroatoms. The summed E-state index contributed by atoms with van der Waals surface area (Å²) in [4.78, 5) is 16.0. The van der Waals surface area contributed by atoms with Gasteiger partial charge in [0.25, 0.3) is 0 Å². The van der Waals surface area contributed by atoms with Gasteiger partial charge in [0.2, 0.25) is 5.91 Å². The molecule has 19 heavy (non-hydrogen) atoms. The van der Waals surface area contributed by atoms with Crippen LogP contribution in [-0.2, 0) is 4.79 Å².